The Morgan fingerprint density at radius 2 is 1.81 bits per heavy atom. The van der Waals surface area contributed by atoms with E-state index in [1.165, 1.54) is 29.2 Å². The van der Waals surface area contributed by atoms with Crippen LogP contribution in [0.15, 0.2) is 78.6 Å². The van der Waals surface area contributed by atoms with E-state index < -0.39 is 23.5 Å². The number of benzene rings is 2. The Morgan fingerprint density at radius 1 is 1.09 bits per heavy atom. The predicted octanol–water partition coefficient (Wildman–Crippen LogP) is 4.24. The Labute approximate surface area is 184 Å². The maximum absolute atomic E-state index is 13.4. The molecule has 1 N–H and O–H groups in total. The number of Topliss-reactive ketones (excluding diaryl/α,β-unsaturated/α-hetero) is 1. The van der Waals surface area contributed by atoms with Crippen molar-refractivity contribution in [3.05, 3.63) is 101 Å². The van der Waals surface area contributed by atoms with Crippen molar-refractivity contribution in [2.24, 2.45) is 0 Å². The zero-order valence-electron chi connectivity index (χ0n) is 17.4. The first kappa shape index (κ1) is 21.2. The average molecular weight is 432 g/mol. The normalized spacial score (nSPS) is 17.6. The van der Waals surface area contributed by atoms with Crippen LogP contribution in [0, 0.1) is 5.82 Å². The largest absolute Gasteiger partial charge is 0.507 e. The minimum absolute atomic E-state index is 0.0466. The molecule has 1 aromatic heterocycles. The molecular weight excluding hydrogens is 411 g/mol. The van der Waals surface area contributed by atoms with Crippen molar-refractivity contribution in [2.75, 3.05) is 6.61 Å². The van der Waals surface area contributed by atoms with Crippen molar-refractivity contribution < 1.29 is 23.8 Å². The Bertz CT molecular complexity index is 1160. The van der Waals surface area contributed by atoms with Crippen LogP contribution in [-0.4, -0.2) is 33.3 Å². The first-order valence-electron chi connectivity index (χ1n) is 10.2. The smallest absolute Gasteiger partial charge is 0.295 e. The van der Waals surface area contributed by atoms with E-state index in [-0.39, 0.29) is 23.4 Å². The summed E-state index contributed by atoms with van der Waals surface area (Å²) in [6.45, 7) is 2.51. The Kier molecular flexibility index (Phi) is 5.98. The lowest BCUT2D eigenvalue weighted by Gasteiger charge is -2.25. The highest BCUT2D eigenvalue weighted by molar-refractivity contribution is 6.46. The molecule has 6 nitrogen and oxygen atoms in total. The van der Waals surface area contributed by atoms with Crippen LogP contribution in [0.2, 0.25) is 0 Å². The third-order valence-electron chi connectivity index (χ3n) is 5.24. The minimum atomic E-state index is -0.823. The summed E-state index contributed by atoms with van der Waals surface area (Å²) in [5.41, 5.74) is 1.59. The molecular formula is C25H21FN2O4. The van der Waals surface area contributed by atoms with E-state index in [4.69, 9.17) is 4.74 Å². The summed E-state index contributed by atoms with van der Waals surface area (Å²) in [6, 6.07) is 14.9. The molecule has 0 aliphatic carbocycles. The number of carbonyl (C=O) groups is 2. The van der Waals surface area contributed by atoms with Crippen molar-refractivity contribution >= 4 is 17.4 Å². The number of aliphatic hydroxyl groups is 1. The summed E-state index contributed by atoms with van der Waals surface area (Å²) in [5, 5.41) is 11.0. The second kappa shape index (κ2) is 9.01. The molecule has 32 heavy (non-hydrogen) atoms. The molecule has 0 saturated carbocycles. The van der Waals surface area contributed by atoms with Crippen LogP contribution in [-0.2, 0) is 16.1 Å². The number of ether oxygens (including phenoxy) is 1. The Balaban J connectivity index is 1.83. The number of hydrogen-bond donors (Lipinski definition) is 1. The molecule has 162 valence electrons. The maximum Gasteiger partial charge on any atom is 0.295 e. The van der Waals surface area contributed by atoms with Gasteiger partial charge in [0.25, 0.3) is 11.7 Å². The molecule has 1 saturated heterocycles. The number of pyridine rings is 1. The van der Waals surface area contributed by atoms with Crippen molar-refractivity contribution in [3.63, 3.8) is 0 Å². The number of ketones is 1. The van der Waals surface area contributed by atoms with Crippen LogP contribution in [0.1, 0.15) is 29.7 Å². The molecule has 1 amide bonds. The molecule has 1 aliphatic rings. The average Bonchev–Trinajstić information content (AvgIpc) is 3.05. The quantitative estimate of drug-likeness (QED) is 0.358. The van der Waals surface area contributed by atoms with Gasteiger partial charge in [0.1, 0.15) is 17.3 Å². The van der Waals surface area contributed by atoms with E-state index >= 15 is 0 Å². The summed E-state index contributed by atoms with van der Waals surface area (Å²) in [7, 11) is 0. The number of likely N-dealkylation sites (tertiary alicyclic amines) is 1. The summed E-state index contributed by atoms with van der Waals surface area (Å²) in [6.07, 6.45) is 3.24. The molecule has 2 heterocycles. The summed E-state index contributed by atoms with van der Waals surface area (Å²) >= 11 is 0. The first-order valence-corrected chi connectivity index (χ1v) is 10.2. The predicted molar refractivity (Wildman–Crippen MR) is 116 cm³/mol. The molecule has 0 unspecified atom stereocenters. The van der Waals surface area contributed by atoms with E-state index in [0.29, 0.717) is 17.9 Å². The molecule has 1 atom stereocenters. The highest BCUT2D eigenvalue weighted by Gasteiger charge is 2.46. The third-order valence-corrected chi connectivity index (χ3v) is 5.24. The van der Waals surface area contributed by atoms with Crippen molar-refractivity contribution in [1.29, 1.82) is 0 Å². The van der Waals surface area contributed by atoms with Gasteiger partial charge in [0.05, 0.1) is 18.2 Å². The zero-order chi connectivity index (χ0) is 22.7. The van der Waals surface area contributed by atoms with Crippen LogP contribution in [0.25, 0.3) is 5.76 Å². The first-order chi connectivity index (χ1) is 15.5. The Hall–Kier alpha value is -4.00. The van der Waals surface area contributed by atoms with Gasteiger partial charge in [0.2, 0.25) is 0 Å². The number of halogens is 1. The topological polar surface area (TPSA) is 79.7 Å². The molecule has 7 heteroatoms. The summed E-state index contributed by atoms with van der Waals surface area (Å²) in [4.78, 5) is 31.5. The van der Waals surface area contributed by atoms with Gasteiger partial charge in [-0.05, 0) is 60.5 Å². The van der Waals surface area contributed by atoms with E-state index in [1.807, 2.05) is 13.0 Å². The van der Waals surface area contributed by atoms with Gasteiger partial charge in [0.15, 0.2) is 0 Å². The van der Waals surface area contributed by atoms with Gasteiger partial charge < -0.3 is 14.7 Å². The monoisotopic (exact) mass is 432 g/mol. The van der Waals surface area contributed by atoms with Gasteiger partial charge in [-0.2, -0.15) is 0 Å². The second-order valence-electron chi connectivity index (χ2n) is 7.30. The number of carbonyl (C=O) groups excluding carboxylic acids is 2. The number of amides is 1. The lowest BCUT2D eigenvalue weighted by Crippen LogP contribution is -2.29. The number of hydrogen-bond acceptors (Lipinski definition) is 5. The number of rotatable bonds is 6. The van der Waals surface area contributed by atoms with Crippen LogP contribution in [0.4, 0.5) is 4.39 Å². The van der Waals surface area contributed by atoms with Gasteiger partial charge >= 0.3 is 0 Å². The van der Waals surface area contributed by atoms with Crippen LogP contribution >= 0.6 is 0 Å². The van der Waals surface area contributed by atoms with E-state index in [9.17, 15) is 19.1 Å². The summed E-state index contributed by atoms with van der Waals surface area (Å²) < 4.78 is 18.9. The van der Waals surface area contributed by atoms with Crippen molar-refractivity contribution in [2.45, 2.75) is 19.5 Å². The highest BCUT2D eigenvalue weighted by Crippen LogP contribution is 2.40. The van der Waals surface area contributed by atoms with Gasteiger partial charge in [-0.25, -0.2) is 4.39 Å². The number of aliphatic hydroxyl groups excluding tert-OH is 1. The molecule has 1 aliphatic heterocycles. The van der Waals surface area contributed by atoms with E-state index in [0.717, 1.165) is 5.56 Å². The molecule has 0 spiro atoms. The minimum Gasteiger partial charge on any atom is -0.507 e. The van der Waals surface area contributed by atoms with E-state index in [2.05, 4.69) is 4.98 Å². The Morgan fingerprint density at radius 3 is 2.44 bits per heavy atom. The van der Waals surface area contributed by atoms with Gasteiger partial charge in [-0.15, -0.1) is 0 Å². The van der Waals surface area contributed by atoms with Gasteiger partial charge in [-0.3, -0.25) is 14.6 Å². The van der Waals surface area contributed by atoms with Crippen LogP contribution < -0.4 is 4.74 Å². The molecule has 0 bridgehead atoms. The SMILES string of the molecule is CCOc1ccc([C@@H]2/C(=C(\O)c3ccc(F)cc3)C(=O)C(=O)N2Cc2cccnc2)cc1. The number of nitrogens with zero attached hydrogens (tertiary/aromatic N) is 2. The lowest BCUT2D eigenvalue weighted by atomic mass is 9.95. The zero-order valence-corrected chi connectivity index (χ0v) is 17.4. The van der Waals surface area contributed by atoms with Gasteiger partial charge in [-0.1, -0.05) is 18.2 Å². The standard InChI is InChI=1S/C25H21FN2O4/c1-2-32-20-11-7-17(8-12-20)22-21(23(29)18-5-9-19(26)10-6-18)24(30)25(31)28(22)15-16-4-3-13-27-14-16/h3-14,22,29H,2,15H2,1H3/b23-21+/t22-/m1/s1. The summed E-state index contributed by atoms with van der Waals surface area (Å²) in [5.74, 6) is -1.69. The molecule has 4 rings (SSSR count). The lowest BCUT2D eigenvalue weighted by molar-refractivity contribution is -0.140. The second-order valence-corrected chi connectivity index (χ2v) is 7.30. The molecule has 3 aromatic rings. The van der Waals surface area contributed by atoms with E-state index in [1.54, 1.807) is 42.7 Å². The van der Waals surface area contributed by atoms with Crippen LogP contribution in [0.3, 0.4) is 0 Å². The fourth-order valence-electron chi connectivity index (χ4n) is 3.75. The molecule has 1 fully saturated rings. The molecule has 2 aromatic carbocycles. The van der Waals surface area contributed by atoms with Gasteiger partial charge in [0, 0.05) is 24.5 Å². The fourth-order valence-corrected chi connectivity index (χ4v) is 3.75. The van der Waals surface area contributed by atoms with Crippen LogP contribution in [0.5, 0.6) is 5.75 Å². The van der Waals surface area contributed by atoms with Crippen molar-refractivity contribution in [3.8, 4) is 5.75 Å². The number of aromatic nitrogens is 1. The third kappa shape index (κ3) is 4.09. The molecule has 0 radical (unpaired) electrons. The maximum atomic E-state index is 13.4. The fraction of sp³-hybridized carbons (Fsp3) is 0.160. The van der Waals surface area contributed by atoms with Crippen molar-refractivity contribution in [1.82, 2.24) is 9.88 Å². The highest BCUT2D eigenvalue weighted by atomic mass is 19.1.